The molecule has 0 aliphatic rings. The van der Waals surface area contributed by atoms with E-state index in [1.165, 1.54) is 0 Å². The van der Waals surface area contributed by atoms with Gasteiger partial charge in [-0.1, -0.05) is 109 Å². The Morgan fingerprint density at radius 1 is 0.304 bits per heavy atom. The Kier molecular flexibility index (Phi) is 7.38. The highest BCUT2D eigenvalue weighted by Gasteiger charge is 2.21. The summed E-state index contributed by atoms with van der Waals surface area (Å²) in [6.07, 6.45) is 7.44. The van der Waals surface area contributed by atoms with Crippen LogP contribution in [-0.4, -0.2) is 19.9 Å². The monoisotopic (exact) mass is 718 g/mol. The fourth-order valence-corrected chi connectivity index (χ4v) is 7.89. The Morgan fingerprint density at radius 3 is 1.48 bits per heavy atom. The SMILES string of the molecule is c1ccc(-c2cccc3c2oc2c(-c4ccc(-c5ccnc6c5oc5c(-c7ccccc7)cccc56)c(-c5ccc(-c6ccccn6)nc5)c4)ccnc23)cc1. The summed E-state index contributed by atoms with van der Waals surface area (Å²) in [4.78, 5) is 19.1. The van der Waals surface area contributed by atoms with E-state index < -0.39 is 0 Å². The van der Waals surface area contributed by atoms with Gasteiger partial charge in [-0.25, -0.2) is 0 Å². The van der Waals surface area contributed by atoms with Crippen LogP contribution in [0.1, 0.15) is 0 Å². The number of fused-ring (bicyclic) bond motifs is 6. The minimum Gasteiger partial charge on any atom is -0.453 e. The van der Waals surface area contributed by atoms with Crippen LogP contribution in [0, 0.1) is 0 Å². The van der Waals surface area contributed by atoms with Gasteiger partial charge in [0.2, 0.25) is 0 Å². The molecule has 0 saturated heterocycles. The lowest BCUT2D eigenvalue weighted by Crippen LogP contribution is -1.92. The van der Waals surface area contributed by atoms with E-state index in [1.54, 1.807) is 6.20 Å². The molecule has 6 heteroatoms. The van der Waals surface area contributed by atoms with Crippen molar-refractivity contribution in [2.45, 2.75) is 0 Å². The lowest BCUT2D eigenvalue weighted by atomic mass is 9.91. The number of nitrogens with zero attached hydrogens (tertiary/aromatic N) is 4. The third kappa shape index (κ3) is 5.19. The zero-order chi connectivity index (χ0) is 37.0. The number of hydrogen-bond acceptors (Lipinski definition) is 6. The highest BCUT2D eigenvalue weighted by Crippen LogP contribution is 2.44. The van der Waals surface area contributed by atoms with Crippen LogP contribution in [0.15, 0.2) is 191 Å². The van der Waals surface area contributed by atoms with E-state index in [0.29, 0.717) is 0 Å². The summed E-state index contributed by atoms with van der Waals surface area (Å²) < 4.78 is 13.6. The number of furan rings is 2. The molecule has 11 rings (SSSR count). The fraction of sp³-hybridized carbons (Fsp3) is 0. The van der Waals surface area contributed by atoms with Crippen molar-refractivity contribution in [3.05, 3.63) is 183 Å². The second-order valence-corrected chi connectivity index (χ2v) is 13.8. The Morgan fingerprint density at radius 2 is 0.875 bits per heavy atom. The molecule has 0 N–H and O–H groups in total. The zero-order valence-corrected chi connectivity index (χ0v) is 29.9. The van der Waals surface area contributed by atoms with Gasteiger partial charge in [0, 0.05) is 63.4 Å². The van der Waals surface area contributed by atoms with Crippen LogP contribution in [0.25, 0.3) is 111 Å². The minimum atomic E-state index is 0.731. The lowest BCUT2D eigenvalue weighted by molar-refractivity contribution is 0.670. The summed E-state index contributed by atoms with van der Waals surface area (Å²) in [6, 6.07) is 53.8. The van der Waals surface area contributed by atoms with E-state index in [4.69, 9.17) is 23.8 Å². The largest absolute Gasteiger partial charge is 0.453 e. The summed E-state index contributed by atoms with van der Waals surface area (Å²) in [5, 5.41) is 1.95. The minimum absolute atomic E-state index is 0.731. The molecule has 0 amide bonds. The van der Waals surface area contributed by atoms with Gasteiger partial charge in [-0.05, 0) is 76.3 Å². The summed E-state index contributed by atoms with van der Waals surface area (Å²) in [5.41, 5.74) is 16.4. The van der Waals surface area contributed by atoms with Gasteiger partial charge in [0.15, 0.2) is 11.2 Å². The Hall–Kier alpha value is -7.70. The normalized spacial score (nSPS) is 11.6. The summed E-state index contributed by atoms with van der Waals surface area (Å²) in [6.45, 7) is 0. The van der Waals surface area contributed by atoms with E-state index in [1.807, 2.05) is 91.4 Å². The van der Waals surface area contributed by atoms with Gasteiger partial charge in [0.1, 0.15) is 22.2 Å². The zero-order valence-electron chi connectivity index (χ0n) is 29.9. The average Bonchev–Trinajstić information content (AvgIpc) is 3.86. The van der Waals surface area contributed by atoms with E-state index in [-0.39, 0.29) is 0 Å². The maximum atomic E-state index is 6.84. The van der Waals surface area contributed by atoms with Crippen LogP contribution >= 0.6 is 0 Å². The van der Waals surface area contributed by atoms with Gasteiger partial charge >= 0.3 is 0 Å². The molecule has 0 aliphatic carbocycles. The fourth-order valence-electron chi connectivity index (χ4n) is 7.89. The van der Waals surface area contributed by atoms with Gasteiger partial charge in [-0.15, -0.1) is 0 Å². The smallest absolute Gasteiger partial charge is 0.161 e. The number of hydrogen-bond donors (Lipinski definition) is 0. The third-order valence-electron chi connectivity index (χ3n) is 10.5. The lowest BCUT2D eigenvalue weighted by Gasteiger charge is -2.14. The Labute approximate surface area is 321 Å². The first kappa shape index (κ1) is 31.8. The maximum Gasteiger partial charge on any atom is 0.161 e. The molecule has 6 nitrogen and oxygen atoms in total. The molecular weight excluding hydrogens is 689 g/mol. The molecule has 56 heavy (non-hydrogen) atoms. The van der Waals surface area contributed by atoms with Crippen LogP contribution in [-0.2, 0) is 0 Å². The van der Waals surface area contributed by atoms with E-state index in [2.05, 4.69) is 89.9 Å². The molecule has 6 aromatic heterocycles. The first-order valence-electron chi connectivity index (χ1n) is 18.5. The van der Waals surface area contributed by atoms with Crippen molar-refractivity contribution in [2.75, 3.05) is 0 Å². The number of para-hydroxylation sites is 2. The first-order chi connectivity index (χ1) is 27.8. The predicted molar refractivity (Wildman–Crippen MR) is 225 cm³/mol. The van der Waals surface area contributed by atoms with E-state index in [9.17, 15) is 0 Å². The van der Waals surface area contributed by atoms with Crippen LogP contribution in [0.3, 0.4) is 0 Å². The van der Waals surface area contributed by atoms with Crippen molar-refractivity contribution in [1.82, 2.24) is 19.9 Å². The summed E-state index contributed by atoms with van der Waals surface area (Å²) in [7, 11) is 0. The van der Waals surface area contributed by atoms with Crippen molar-refractivity contribution in [3.63, 3.8) is 0 Å². The molecule has 5 aromatic carbocycles. The quantitative estimate of drug-likeness (QED) is 0.170. The number of benzene rings is 5. The number of rotatable bonds is 6. The van der Waals surface area contributed by atoms with Crippen molar-refractivity contribution in [2.24, 2.45) is 0 Å². The molecule has 0 saturated carbocycles. The second kappa shape index (κ2) is 13.0. The molecule has 0 atom stereocenters. The van der Waals surface area contributed by atoms with Crippen molar-refractivity contribution < 1.29 is 8.83 Å². The molecule has 0 bridgehead atoms. The summed E-state index contributed by atoms with van der Waals surface area (Å²) >= 11 is 0. The van der Waals surface area contributed by atoms with Crippen molar-refractivity contribution >= 4 is 44.1 Å². The second-order valence-electron chi connectivity index (χ2n) is 13.8. The van der Waals surface area contributed by atoms with E-state index >= 15 is 0 Å². The van der Waals surface area contributed by atoms with E-state index in [0.717, 1.165) is 111 Å². The van der Waals surface area contributed by atoms with Gasteiger partial charge in [0.05, 0.1) is 11.4 Å². The van der Waals surface area contributed by atoms with Crippen LogP contribution in [0.2, 0.25) is 0 Å². The maximum absolute atomic E-state index is 6.84. The Balaban J connectivity index is 1.12. The molecule has 11 aromatic rings. The molecule has 0 radical (unpaired) electrons. The van der Waals surface area contributed by atoms with Crippen LogP contribution < -0.4 is 0 Å². The molecule has 0 spiro atoms. The molecule has 0 unspecified atom stereocenters. The molecule has 0 fully saturated rings. The molecular formula is C50H30N4O2. The first-order valence-corrected chi connectivity index (χ1v) is 18.5. The van der Waals surface area contributed by atoms with Gasteiger partial charge in [-0.2, -0.15) is 0 Å². The van der Waals surface area contributed by atoms with Crippen LogP contribution in [0.4, 0.5) is 0 Å². The molecule has 0 aliphatic heterocycles. The summed E-state index contributed by atoms with van der Waals surface area (Å²) in [5.74, 6) is 0. The van der Waals surface area contributed by atoms with Gasteiger partial charge in [0.25, 0.3) is 0 Å². The van der Waals surface area contributed by atoms with Crippen molar-refractivity contribution in [3.8, 4) is 67.0 Å². The van der Waals surface area contributed by atoms with Gasteiger partial charge < -0.3 is 8.83 Å². The predicted octanol–water partition coefficient (Wildman–Crippen LogP) is 13.1. The number of pyridine rings is 4. The highest BCUT2D eigenvalue weighted by molar-refractivity contribution is 6.13. The van der Waals surface area contributed by atoms with Crippen molar-refractivity contribution in [1.29, 1.82) is 0 Å². The average molecular weight is 719 g/mol. The molecule has 6 heterocycles. The van der Waals surface area contributed by atoms with Crippen LogP contribution in [0.5, 0.6) is 0 Å². The standard InChI is InChI=1S/C50H30N4O2/c1-3-11-31(12-4-1)35-15-9-17-40-45-49(55-47(35)40)37(24-27-52-45)33-20-22-38(42(29-33)34-21-23-44(54-30-34)43-19-7-8-26-51-43)39-25-28-53-46-41-18-10-16-36(48(41)56-50(39)46)32-13-5-2-6-14-32/h1-30H. The Bertz CT molecular complexity index is 3230. The molecule has 262 valence electrons. The topological polar surface area (TPSA) is 77.8 Å². The highest BCUT2D eigenvalue weighted by atomic mass is 16.3. The van der Waals surface area contributed by atoms with Gasteiger partial charge in [-0.3, -0.25) is 19.9 Å². The third-order valence-corrected chi connectivity index (χ3v) is 10.5. The number of aromatic nitrogens is 4.